The van der Waals surface area contributed by atoms with E-state index < -0.39 is 7.82 Å². The highest BCUT2D eigenvalue weighted by molar-refractivity contribution is 7.45. The van der Waals surface area contributed by atoms with E-state index in [-0.39, 0.29) is 28.3 Å². The summed E-state index contributed by atoms with van der Waals surface area (Å²) in [5.74, 6) is 0. The van der Waals surface area contributed by atoms with Gasteiger partial charge in [0, 0.05) is 0 Å². The molecule has 0 rings (SSSR count). The molecule has 7 N–H and O–H groups in total. The largest absolute Gasteiger partial charge is 0.466 e. The summed E-state index contributed by atoms with van der Waals surface area (Å²) < 4.78 is 8.88. The lowest BCUT2D eigenvalue weighted by atomic mass is 15.8. The maximum atomic E-state index is 8.88. The molecular formula is H8AlO6P. The first-order valence-electron chi connectivity index (χ1n) is 0.783. The summed E-state index contributed by atoms with van der Waals surface area (Å²) in [6, 6.07) is 0. The standard InChI is InChI=1S/Al.H3O4P.2H2O.H/c;1-5(2,3)4;;;/h;(H3,1,2,3,4);2*1H2;. The van der Waals surface area contributed by atoms with Crippen molar-refractivity contribution < 1.29 is 30.2 Å². The molecule has 0 saturated carbocycles. The van der Waals surface area contributed by atoms with Gasteiger partial charge in [-0.3, -0.25) is 0 Å². The van der Waals surface area contributed by atoms with Gasteiger partial charge in [-0.25, -0.2) is 4.57 Å². The third-order valence-electron chi connectivity index (χ3n) is 0. The van der Waals surface area contributed by atoms with Crippen LogP contribution in [0.25, 0.3) is 0 Å². The van der Waals surface area contributed by atoms with Crippen LogP contribution in [0.3, 0.4) is 0 Å². The molecule has 0 heterocycles. The molecule has 0 fully saturated rings. The fourth-order valence-electron chi connectivity index (χ4n) is 0. The molecule has 0 atom stereocenters. The Hall–Kier alpha value is 0.562. The Kier molecular flexibility index (Phi) is 22.2. The van der Waals surface area contributed by atoms with E-state index >= 15 is 0 Å². The Labute approximate surface area is 56.1 Å². The zero-order valence-electron chi connectivity index (χ0n) is 3.90. The van der Waals surface area contributed by atoms with E-state index in [2.05, 4.69) is 0 Å². The third kappa shape index (κ3) is 642. The summed E-state index contributed by atoms with van der Waals surface area (Å²) in [6.07, 6.45) is 0. The summed E-state index contributed by atoms with van der Waals surface area (Å²) in [4.78, 5) is 21.6. The summed E-state index contributed by atoms with van der Waals surface area (Å²) in [5.41, 5.74) is 0. The lowest BCUT2D eigenvalue weighted by molar-refractivity contribution is 0.275. The fourth-order valence-corrected chi connectivity index (χ4v) is 0. The van der Waals surface area contributed by atoms with Gasteiger partial charge in [-0.15, -0.1) is 0 Å². The highest BCUT2D eigenvalue weighted by Crippen LogP contribution is 2.25. The van der Waals surface area contributed by atoms with Gasteiger partial charge in [0.15, 0.2) is 0 Å². The second kappa shape index (κ2) is 7.56. The van der Waals surface area contributed by atoms with Crippen molar-refractivity contribution in [2.45, 2.75) is 0 Å². The first-order valence-corrected chi connectivity index (χ1v) is 2.35. The normalized spacial score (nSPS) is 7.38. The molecule has 0 saturated heterocycles. The van der Waals surface area contributed by atoms with Crippen molar-refractivity contribution in [1.82, 2.24) is 0 Å². The van der Waals surface area contributed by atoms with Gasteiger partial charge < -0.3 is 25.6 Å². The van der Waals surface area contributed by atoms with E-state index in [1.54, 1.807) is 0 Å². The first-order chi connectivity index (χ1) is 2.00. The second-order valence-corrected chi connectivity index (χ2v) is 1.54. The average Bonchev–Trinajstić information content (AvgIpc) is 0.722. The number of rotatable bonds is 0. The maximum Gasteiger partial charge on any atom is 0.466 e. The van der Waals surface area contributed by atoms with Crippen LogP contribution in [-0.4, -0.2) is 43.0 Å². The smallest absolute Gasteiger partial charge is 0.412 e. The quantitative estimate of drug-likeness (QED) is 0.254. The van der Waals surface area contributed by atoms with Crippen LogP contribution in [-0.2, 0) is 4.57 Å². The molecule has 8 heteroatoms. The molecule has 0 amide bonds. The zero-order valence-corrected chi connectivity index (χ0v) is 6.21. The zero-order chi connectivity index (χ0) is 4.50. The van der Waals surface area contributed by atoms with E-state index in [1.807, 2.05) is 0 Å². The summed E-state index contributed by atoms with van der Waals surface area (Å²) in [7, 11) is -4.64. The van der Waals surface area contributed by atoms with Gasteiger partial charge in [-0.05, 0) is 0 Å². The summed E-state index contributed by atoms with van der Waals surface area (Å²) in [5, 5.41) is 0. The molecule has 0 aromatic rings. The van der Waals surface area contributed by atoms with Gasteiger partial charge in [-0.2, -0.15) is 0 Å². The lowest BCUT2D eigenvalue weighted by Crippen LogP contribution is -1.66. The Bertz CT molecular complexity index is 54.7. The topological polar surface area (TPSA) is 141 Å². The molecule has 8 heavy (non-hydrogen) atoms. The van der Waals surface area contributed by atoms with Crippen molar-refractivity contribution in [2.75, 3.05) is 0 Å². The van der Waals surface area contributed by atoms with E-state index in [9.17, 15) is 0 Å². The van der Waals surface area contributed by atoms with Gasteiger partial charge in [0.1, 0.15) is 0 Å². The highest BCUT2D eigenvalue weighted by Gasteiger charge is 2.00. The highest BCUT2D eigenvalue weighted by atomic mass is 31.2. The molecule has 6 nitrogen and oxygen atoms in total. The first kappa shape index (κ1) is 23.5. The van der Waals surface area contributed by atoms with Gasteiger partial charge in [0.2, 0.25) is 0 Å². The van der Waals surface area contributed by atoms with Crippen molar-refractivity contribution >= 4 is 25.2 Å². The van der Waals surface area contributed by atoms with E-state index in [4.69, 9.17) is 19.2 Å². The third-order valence-corrected chi connectivity index (χ3v) is 0. The average molecular weight is 162 g/mol. The molecule has 0 aliphatic rings. The van der Waals surface area contributed by atoms with Crippen LogP contribution in [0, 0.1) is 0 Å². The molecule has 0 bridgehead atoms. The number of phosphoric acid groups is 1. The molecule has 2 radical (unpaired) electrons. The Morgan fingerprint density at radius 2 is 1.00 bits per heavy atom. The minimum Gasteiger partial charge on any atom is -0.412 e. The van der Waals surface area contributed by atoms with Crippen molar-refractivity contribution in [1.29, 1.82) is 0 Å². The predicted octanol–water partition coefficient (Wildman–Crippen LogP) is -3.23. The van der Waals surface area contributed by atoms with E-state index in [0.717, 1.165) is 0 Å². The molecule has 0 spiro atoms. The van der Waals surface area contributed by atoms with Crippen molar-refractivity contribution in [3.05, 3.63) is 0 Å². The molecule has 0 aromatic heterocycles. The molecule has 52 valence electrons. The maximum absolute atomic E-state index is 8.88. The minimum absolute atomic E-state index is 0. The number of hydrogen-bond donors (Lipinski definition) is 3. The fraction of sp³-hybridized carbons (Fsp3) is 0. The van der Waals surface area contributed by atoms with Crippen molar-refractivity contribution in [2.24, 2.45) is 0 Å². The van der Waals surface area contributed by atoms with Crippen LogP contribution in [0.15, 0.2) is 0 Å². The van der Waals surface area contributed by atoms with Gasteiger partial charge in [0.05, 0.1) is 17.4 Å². The van der Waals surface area contributed by atoms with Crippen molar-refractivity contribution in [3.8, 4) is 0 Å². The van der Waals surface area contributed by atoms with Crippen LogP contribution in [0.4, 0.5) is 0 Å². The predicted molar refractivity (Wildman–Crippen MR) is 28.6 cm³/mol. The lowest BCUT2D eigenvalue weighted by Gasteiger charge is -1.82. The monoisotopic (exact) mass is 162 g/mol. The van der Waals surface area contributed by atoms with Gasteiger partial charge >= 0.3 is 7.82 Å². The van der Waals surface area contributed by atoms with Crippen LogP contribution >= 0.6 is 7.82 Å². The Morgan fingerprint density at radius 3 is 1.00 bits per heavy atom. The van der Waals surface area contributed by atoms with Gasteiger partial charge in [-0.1, -0.05) is 0 Å². The SMILES string of the molecule is O.O.O=P(O)(O)O.[AlH]. The van der Waals surface area contributed by atoms with Crippen LogP contribution in [0.2, 0.25) is 0 Å². The minimum atomic E-state index is -4.64. The molecular weight excluding hydrogens is 154 g/mol. The van der Waals surface area contributed by atoms with Crippen LogP contribution in [0.1, 0.15) is 0 Å². The Morgan fingerprint density at radius 1 is 1.00 bits per heavy atom. The second-order valence-electron chi connectivity index (χ2n) is 0.513. The van der Waals surface area contributed by atoms with Crippen LogP contribution in [0.5, 0.6) is 0 Å². The Balaban J connectivity index is -0.0000000267. The molecule has 0 aliphatic carbocycles. The van der Waals surface area contributed by atoms with Crippen molar-refractivity contribution in [3.63, 3.8) is 0 Å². The summed E-state index contributed by atoms with van der Waals surface area (Å²) in [6.45, 7) is 0. The van der Waals surface area contributed by atoms with Gasteiger partial charge in [0.25, 0.3) is 0 Å². The number of hydrogen-bond acceptors (Lipinski definition) is 1. The van der Waals surface area contributed by atoms with Crippen LogP contribution < -0.4 is 0 Å². The molecule has 0 unspecified atom stereocenters. The van der Waals surface area contributed by atoms with E-state index in [0.29, 0.717) is 0 Å². The summed E-state index contributed by atoms with van der Waals surface area (Å²) >= 11 is 0. The molecule has 0 aromatic carbocycles. The van der Waals surface area contributed by atoms with E-state index in [1.165, 1.54) is 0 Å². The molecule has 0 aliphatic heterocycles.